The van der Waals surface area contributed by atoms with Crippen LogP contribution in [0.15, 0.2) is 340 Å². The van der Waals surface area contributed by atoms with Gasteiger partial charge in [0.1, 0.15) is 0 Å². The predicted molar refractivity (Wildman–Crippen MR) is 410 cm³/mol. The van der Waals surface area contributed by atoms with Gasteiger partial charge in [-0.1, -0.05) is 156 Å². The summed E-state index contributed by atoms with van der Waals surface area (Å²) < 4.78 is 11.1. The smallest absolute Gasteiger partial charge is 0.0600 e. The van der Waals surface area contributed by atoms with Crippen LogP contribution in [-0.4, -0.2) is 58.7 Å². The molecule has 0 aliphatic carbocycles. The van der Waals surface area contributed by atoms with Gasteiger partial charge in [-0.15, -0.1) is 53.1 Å². The molecule has 6 aromatic heterocycles. The first kappa shape index (κ1) is 77.8. The summed E-state index contributed by atoms with van der Waals surface area (Å²) in [4.78, 5) is 0. The van der Waals surface area contributed by atoms with Gasteiger partial charge in [0.25, 0.3) is 0 Å². The number of benzene rings is 11. The van der Waals surface area contributed by atoms with Crippen LogP contribution < -0.4 is 0 Å². The summed E-state index contributed by atoms with van der Waals surface area (Å²) in [5.41, 5.74) is 24.3. The molecule has 0 saturated carbocycles. The predicted octanol–water partition coefficient (Wildman–Crippen LogP) is 20.2. The summed E-state index contributed by atoms with van der Waals surface area (Å²) in [6, 6.07) is 121. The molecule has 15 heteroatoms. The van der Waals surface area contributed by atoms with Crippen molar-refractivity contribution in [3.63, 3.8) is 0 Å². The van der Waals surface area contributed by atoms with Crippen molar-refractivity contribution in [3.8, 4) is 89.8 Å². The normalized spacial score (nSPS) is 10.2. The monoisotopic (exact) mass is 1900 g/mol. The SMILES string of the molecule is Cc1cc(C)n(-c2[c-]cc(-c3ccccc3)cc2)n1.Cc1cc(C)n(-c2[c-]cccc2)n1.Cc1cc(C)n(-c2[c-]cccc2)n1.[Ir].[Ir].[Ir].[c-]1cc(-c2ccc(-c3ccccc3)cc2)ccc1-n1cccn1.[c-]1cc(-c2ccc(-c3ccccc3)cc2)ccc1-n1cccn1.[c-]1ccccc1-n1cccn1. The molecule has 0 saturated heterocycles. The van der Waals surface area contributed by atoms with Gasteiger partial charge < -0.3 is 0 Å². The van der Waals surface area contributed by atoms with Gasteiger partial charge in [0.2, 0.25) is 0 Å². The van der Waals surface area contributed by atoms with E-state index in [1.54, 1.807) is 23.3 Å². The molecule has 17 rings (SSSR count). The first-order valence-electron chi connectivity index (χ1n) is 33.5. The summed E-state index contributed by atoms with van der Waals surface area (Å²) in [5.74, 6) is 0. The number of aryl methyl sites for hydroxylation is 6. The molecular formula is C90H74Ir3N12-6. The number of aromatic nitrogens is 12. The van der Waals surface area contributed by atoms with Crippen LogP contribution in [0.1, 0.15) is 34.2 Å². The number of hydrogen-bond acceptors (Lipinski definition) is 6. The van der Waals surface area contributed by atoms with Crippen molar-refractivity contribution in [1.29, 1.82) is 0 Å². The molecule has 12 nitrogen and oxygen atoms in total. The van der Waals surface area contributed by atoms with E-state index in [9.17, 15) is 0 Å². The van der Waals surface area contributed by atoms with Crippen molar-refractivity contribution < 1.29 is 60.3 Å². The van der Waals surface area contributed by atoms with E-state index in [1.807, 2.05) is 228 Å². The summed E-state index contributed by atoms with van der Waals surface area (Å²) in [5, 5.41) is 25.7. The Bertz CT molecular complexity index is 5010. The van der Waals surface area contributed by atoms with Crippen molar-refractivity contribution in [3.05, 3.63) is 411 Å². The zero-order valence-electron chi connectivity index (χ0n) is 58.7. The number of rotatable bonds is 11. The fourth-order valence-corrected chi connectivity index (χ4v) is 11.2. The zero-order chi connectivity index (χ0) is 70.2. The third-order valence-corrected chi connectivity index (χ3v) is 16.2. The third-order valence-electron chi connectivity index (χ3n) is 16.2. The molecule has 105 heavy (non-hydrogen) atoms. The van der Waals surface area contributed by atoms with E-state index >= 15 is 0 Å². The summed E-state index contributed by atoms with van der Waals surface area (Å²) in [6.45, 7) is 12.1. The molecule has 0 bridgehead atoms. The Morgan fingerprint density at radius 3 is 0.714 bits per heavy atom. The fourth-order valence-electron chi connectivity index (χ4n) is 11.2. The molecule has 0 atom stereocenters. The molecule has 0 spiro atoms. The van der Waals surface area contributed by atoms with Gasteiger partial charge in [0.15, 0.2) is 0 Å². The second-order valence-corrected chi connectivity index (χ2v) is 23.8. The van der Waals surface area contributed by atoms with Crippen molar-refractivity contribution in [2.45, 2.75) is 41.5 Å². The van der Waals surface area contributed by atoms with Crippen molar-refractivity contribution in [1.82, 2.24) is 58.7 Å². The maximum absolute atomic E-state index is 4.47. The second kappa shape index (κ2) is 39.3. The van der Waals surface area contributed by atoms with Crippen molar-refractivity contribution in [2.75, 3.05) is 0 Å². The molecule has 0 amide bonds. The van der Waals surface area contributed by atoms with Crippen LogP contribution in [0.2, 0.25) is 0 Å². The molecule has 0 aliphatic rings. The molecule has 3 radical (unpaired) electrons. The minimum atomic E-state index is 0. The van der Waals surface area contributed by atoms with Crippen LogP contribution >= 0.6 is 0 Å². The Labute approximate surface area is 656 Å². The van der Waals surface area contributed by atoms with Crippen LogP contribution in [0, 0.1) is 77.9 Å². The Kier molecular flexibility index (Phi) is 29.1. The van der Waals surface area contributed by atoms with E-state index in [0.717, 1.165) is 79.4 Å². The standard InChI is InChI=1S/2C21H15N2.C17H15N2.2C11H11N2.C9H7N2.3Ir/c2*1-2-5-17(6-3-1)18-7-9-19(10-8-18)20-11-13-21(14-12-20)23-16-4-15-22-23;1-13-12-14(2)19(18-13)17-10-8-16(9-11-17)15-6-4-3-5-7-15;2*1-9-8-10(2)13(12-9)11-6-4-3-5-7-11;1-2-5-9(6-3-1)11-8-4-7-10-11;;;/h2*1-13,15-16H;3-10,12H,1-2H3;2*3-6,8H,1-2H3;1-5,7-8H;;;/q6*-1;;;. The van der Waals surface area contributed by atoms with Gasteiger partial charge in [-0.05, 0) is 134 Å². The molecule has 0 fully saturated rings. The largest absolute Gasteiger partial charge is 0.266 e. The van der Waals surface area contributed by atoms with Crippen molar-refractivity contribution >= 4 is 0 Å². The van der Waals surface area contributed by atoms with Gasteiger partial charge in [-0.25, -0.2) is 0 Å². The van der Waals surface area contributed by atoms with Crippen LogP contribution in [0.3, 0.4) is 0 Å². The topological polar surface area (TPSA) is 107 Å². The quantitative estimate of drug-likeness (QED) is 0.119. The number of para-hydroxylation sites is 3. The minimum Gasteiger partial charge on any atom is -0.266 e. The summed E-state index contributed by atoms with van der Waals surface area (Å²) in [6.07, 6.45) is 11.0. The average molecular weight is 1900 g/mol. The van der Waals surface area contributed by atoms with Crippen LogP contribution in [0.5, 0.6) is 0 Å². The van der Waals surface area contributed by atoms with E-state index < -0.39 is 0 Å². The molecule has 0 unspecified atom stereocenters. The Balaban J connectivity index is 0.000000148. The average Bonchev–Trinajstić information content (AvgIpc) is 1.12. The zero-order valence-corrected chi connectivity index (χ0v) is 65.9. The van der Waals surface area contributed by atoms with Crippen molar-refractivity contribution in [2.24, 2.45) is 0 Å². The minimum absolute atomic E-state index is 0. The van der Waals surface area contributed by atoms with E-state index in [-0.39, 0.29) is 60.3 Å². The summed E-state index contributed by atoms with van der Waals surface area (Å²) >= 11 is 0. The second-order valence-electron chi connectivity index (χ2n) is 23.8. The Morgan fingerprint density at radius 2 is 0.467 bits per heavy atom. The van der Waals surface area contributed by atoms with E-state index in [2.05, 4.69) is 226 Å². The summed E-state index contributed by atoms with van der Waals surface area (Å²) in [7, 11) is 0. The molecule has 11 aromatic carbocycles. The molecule has 0 aliphatic heterocycles. The van der Waals surface area contributed by atoms with Crippen LogP contribution in [-0.2, 0) is 60.3 Å². The van der Waals surface area contributed by atoms with E-state index in [1.165, 1.54) is 44.5 Å². The molecule has 17 aromatic rings. The third kappa shape index (κ3) is 21.6. The van der Waals surface area contributed by atoms with E-state index in [0.29, 0.717) is 0 Å². The fraction of sp³-hybridized carbons (Fsp3) is 0.0667. The van der Waals surface area contributed by atoms with E-state index in [4.69, 9.17) is 0 Å². The van der Waals surface area contributed by atoms with Crippen LogP contribution in [0.4, 0.5) is 0 Å². The van der Waals surface area contributed by atoms with Gasteiger partial charge in [0.05, 0.1) is 17.1 Å². The van der Waals surface area contributed by atoms with Gasteiger partial charge >= 0.3 is 0 Å². The first-order chi connectivity index (χ1) is 50.0. The number of hydrogen-bond donors (Lipinski definition) is 0. The molecule has 0 N–H and O–H groups in total. The Morgan fingerprint density at radius 1 is 0.229 bits per heavy atom. The molecular weight excluding hydrogens is 1830 g/mol. The van der Waals surface area contributed by atoms with Gasteiger partial charge in [-0.2, -0.15) is 158 Å². The maximum Gasteiger partial charge on any atom is 0.0600 e. The first-order valence-corrected chi connectivity index (χ1v) is 33.5. The molecule has 527 valence electrons. The van der Waals surface area contributed by atoms with Crippen LogP contribution in [0.25, 0.3) is 89.8 Å². The molecule has 6 heterocycles. The maximum atomic E-state index is 4.47. The Hall–Kier alpha value is -11.4. The number of nitrogens with zero attached hydrogens (tertiary/aromatic N) is 12. The van der Waals surface area contributed by atoms with Gasteiger partial charge in [0, 0.05) is 115 Å². The van der Waals surface area contributed by atoms with Gasteiger partial charge in [-0.3, -0.25) is 28.1 Å².